The summed E-state index contributed by atoms with van der Waals surface area (Å²) in [5, 5.41) is 9.59. The topological polar surface area (TPSA) is 72.3 Å². The molecule has 0 spiro atoms. The molecule has 0 aromatic heterocycles. The third-order valence-electron chi connectivity index (χ3n) is 6.11. The first-order valence-corrected chi connectivity index (χ1v) is 12.8. The molecule has 218 valence electrons. The van der Waals surface area contributed by atoms with E-state index in [1.807, 2.05) is 0 Å². The molecule has 1 unspecified atom stereocenters. The molecular formula is C27H21Cl2F6N3O3. The summed E-state index contributed by atoms with van der Waals surface area (Å²) in [6.07, 6.45) is -11.1. The Hall–Kier alpha value is -3.51. The first-order valence-electron chi connectivity index (χ1n) is 12.0. The van der Waals surface area contributed by atoms with Crippen LogP contribution >= 0.6 is 23.2 Å². The van der Waals surface area contributed by atoms with E-state index in [0.29, 0.717) is 5.39 Å². The van der Waals surface area contributed by atoms with E-state index in [9.17, 15) is 31.1 Å². The molecule has 1 heterocycles. The molecule has 1 aliphatic heterocycles. The van der Waals surface area contributed by atoms with Crippen LogP contribution in [0.15, 0.2) is 64.9 Å². The van der Waals surface area contributed by atoms with Crippen LogP contribution in [-0.4, -0.2) is 42.3 Å². The van der Waals surface area contributed by atoms with Crippen molar-refractivity contribution in [2.24, 2.45) is 10.3 Å². The standard InChI is InChI=1S/C27H21Cl2F6N3O3/c1-14(2)40-38-23(26(30,31)32)13-36-24(39)21-8-7-20(18-5-3-4-6-19(18)21)22-12-25(41-37-22,27(33,34)35)15-9-16(28)11-17(29)10-15/h3-11,14H,12-13H2,1-2H3,(H,36,39)/b38-23-. The molecule has 1 atom stereocenters. The van der Waals surface area contributed by atoms with Gasteiger partial charge in [0.05, 0.1) is 12.3 Å². The number of hydrogen-bond acceptors (Lipinski definition) is 5. The predicted molar refractivity (Wildman–Crippen MR) is 142 cm³/mol. The highest BCUT2D eigenvalue weighted by Crippen LogP contribution is 2.50. The average Bonchev–Trinajstić information content (AvgIpc) is 3.33. The molecule has 1 amide bonds. The molecule has 41 heavy (non-hydrogen) atoms. The van der Waals surface area contributed by atoms with Gasteiger partial charge in [0.1, 0.15) is 6.10 Å². The van der Waals surface area contributed by atoms with Crippen LogP contribution < -0.4 is 5.32 Å². The second-order valence-electron chi connectivity index (χ2n) is 9.37. The number of carbonyl (C=O) groups is 1. The Morgan fingerprint density at radius 1 is 1.05 bits per heavy atom. The zero-order chi connectivity index (χ0) is 30.2. The number of fused-ring (bicyclic) bond motifs is 1. The number of oxime groups is 2. The van der Waals surface area contributed by atoms with E-state index in [0.717, 1.165) is 12.1 Å². The van der Waals surface area contributed by atoms with Gasteiger partial charge in [0.25, 0.3) is 11.5 Å². The summed E-state index contributed by atoms with van der Waals surface area (Å²) in [5.74, 6) is -0.864. The van der Waals surface area contributed by atoms with Crippen LogP contribution in [0.5, 0.6) is 0 Å². The summed E-state index contributed by atoms with van der Waals surface area (Å²) < 4.78 is 83.3. The largest absolute Gasteiger partial charge is 0.435 e. The van der Waals surface area contributed by atoms with Gasteiger partial charge >= 0.3 is 12.4 Å². The first kappa shape index (κ1) is 30.4. The maximum absolute atomic E-state index is 14.4. The smallest absolute Gasteiger partial charge is 0.393 e. The number of nitrogens with one attached hydrogen (secondary N) is 1. The zero-order valence-corrected chi connectivity index (χ0v) is 22.8. The van der Waals surface area contributed by atoms with E-state index < -0.39 is 48.6 Å². The molecule has 0 saturated carbocycles. The van der Waals surface area contributed by atoms with Crippen molar-refractivity contribution >= 4 is 51.3 Å². The normalized spacial score (nSPS) is 17.9. The van der Waals surface area contributed by atoms with Crippen LogP contribution in [0.1, 0.15) is 41.8 Å². The number of carbonyl (C=O) groups excluding carboxylic acids is 1. The lowest BCUT2D eigenvalue weighted by Crippen LogP contribution is -2.42. The minimum absolute atomic E-state index is 0.0149. The molecule has 1 aliphatic rings. The maximum Gasteiger partial charge on any atom is 0.435 e. The molecule has 14 heteroatoms. The van der Waals surface area contributed by atoms with Crippen LogP contribution in [0.3, 0.4) is 0 Å². The summed E-state index contributed by atoms with van der Waals surface area (Å²) in [4.78, 5) is 22.7. The molecule has 4 rings (SSSR count). The zero-order valence-electron chi connectivity index (χ0n) is 21.3. The third kappa shape index (κ3) is 6.38. The van der Waals surface area contributed by atoms with Crippen molar-refractivity contribution in [2.45, 2.75) is 44.3 Å². The van der Waals surface area contributed by atoms with Crippen molar-refractivity contribution < 1.29 is 40.8 Å². The molecule has 0 bridgehead atoms. The Morgan fingerprint density at radius 3 is 2.27 bits per heavy atom. The fourth-order valence-electron chi connectivity index (χ4n) is 4.20. The molecule has 0 saturated heterocycles. The maximum atomic E-state index is 14.4. The molecule has 3 aromatic carbocycles. The minimum Gasteiger partial charge on any atom is -0.393 e. The number of amides is 1. The molecule has 0 aliphatic carbocycles. The highest BCUT2D eigenvalue weighted by molar-refractivity contribution is 6.34. The summed E-state index contributed by atoms with van der Waals surface area (Å²) in [6.45, 7) is 2.01. The summed E-state index contributed by atoms with van der Waals surface area (Å²) in [7, 11) is 0. The van der Waals surface area contributed by atoms with Gasteiger partial charge in [-0.1, -0.05) is 63.8 Å². The van der Waals surface area contributed by atoms with Gasteiger partial charge in [-0.2, -0.15) is 26.3 Å². The highest BCUT2D eigenvalue weighted by atomic mass is 35.5. The summed E-state index contributed by atoms with van der Waals surface area (Å²) in [6, 6.07) is 12.3. The van der Waals surface area contributed by atoms with Gasteiger partial charge in [-0.25, -0.2) is 0 Å². The van der Waals surface area contributed by atoms with Gasteiger partial charge in [-0.3, -0.25) is 4.79 Å². The lowest BCUT2D eigenvalue weighted by Gasteiger charge is -2.29. The van der Waals surface area contributed by atoms with Crippen molar-refractivity contribution in [3.05, 3.63) is 81.3 Å². The first-order chi connectivity index (χ1) is 19.1. The molecule has 1 N–H and O–H groups in total. The fourth-order valence-corrected chi connectivity index (χ4v) is 4.72. The van der Waals surface area contributed by atoms with Crippen LogP contribution in [0.2, 0.25) is 10.0 Å². The van der Waals surface area contributed by atoms with Gasteiger partial charge < -0.3 is 15.0 Å². The van der Waals surface area contributed by atoms with Crippen molar-refractivity contribution in [2.75, 3.05) is 6.54 Å². The van der Waals surface area contributed by atoms with Crippen LogP contribution in [0.4, 0.5) is 26.3 Å². The Balaban J connectivity index is 1.67. The quantitative estimate of drug-likeness (QED) is 0.167. The second kappa shape index (κ2) is 11.4. The average molecular weight is 620 g/mol. The van der Waals surface area contributed by atoms with E-state index in [1.54, 1.807) is 18.2 Å². The highest BCUT2D eigenvalue weighted by Gasteiger charge is 2.62. The molecule has 3 aromatic rings. The Kier molecular flexibility index (Phi) is 8.47. The van der Waals surface area contributed by atoms with Gasteiger partial charge in [0.2, 0.25) is 0 Å². The number of nitrogens with zero attached hydrogens (tertiary/aromatic N) is 2. The van der Waals surface area contributed by atoms with Crippen molar-refractivity contribution in [1.82, 2.24) is 5.32 Å². The summed E-state index contributed by atoms with van der Waals surface area (Å²) in [5.41, 5.74) is -4.41. The van der Waals surface area contributed by atoms with Crippen molar-refractivity contribution in [3.8, 4) is 0 Å². The van der Waals surface area contributed by atoms with Crippen LogP contribution in [-0.2, 0) is 15.3 Å². The number of halogens is 8. The lowest BCUT2D eigenvalue weighted by molar-refractivity contribution is -0.275. The molecule has 0 fully saturated rings. The Labute approximate surface area is 239 Å². The Morgan fingerprint density at radius 2 is 1.68 bits per heavy atom. The minimum atomic E-state index is -4.92. The predicted octanol–water partition coefficient (Wildman–Crippen LogP) is 7.80. The number of rotatable bonds is 7. The fraction of sp³-hybridized carbons (Fsp3) is 0.296. The van der Waals surface area contributed by atoms with Crippen molar-refractivity contribution in [3.63, 3.8) is 0 Å². The lowest BCUT2D eigenvalue weighted by atomic mass is 9.85. The van der Waals surface area contributed by atoms with E-state index in [1.165, 1.54) is 38.1 Å². The van der Waals surface area contributed by atoms with E-state index in [-0.39, 0.29) is 37.8 Å². The second-order valence-corrected chi connectivity index (χ2v) is 10.2. The molecular weight excluding hydrogens is 599 g/mol. The van der Waals surface area contributed by atoms with Gasteiger partial charge in [-0.15, -0.1) is 0 Å². The van der Waals surface area contributed by atoms with E-state index in [4.69, 9.17) is 32.9 Å². The number of hydrogen-bond donors (Lipinski definition) is 1. The molecule has 6 nitrogen and oxygen atoms in total. The third-order valence-corrected chi connectivity index (χ3v) is 6.55. The van der Waals surface area contributed by atoms with E-state index in [2.05, 4.69) is 15.6 Å². The SMILES string of the molecule is CC(C)O/N=C(/CNC(=O)c1ccc(C2=NOC(c3cc(Cl)cc(Cl)c3)(C(F)(F)F)C2)c2ccccc12)C(F)(F)F. The van der Waals surface area contributed by atoms with Gasteiger partial charge in [0, 0.05) is 33.2 Å². The van der Waals surface area contributed by atoms with Gasteiger partial charge in [0.15, 0.2) is 5.71 Å². The summed E-state index contributed by atoms with van der Waals surface area (Å²) >= 11 is 11.9. The number of benzene rings is 3. The van der Waals surface area contributed by atoms with E-state index >= 15 is 0 Å². The van der Waals surface area contributed by atoms with Crippen molar-refractivity contribution in [1.29, 1.82) is 0 Å². The van der Waals surface area contributed by atoms with Crippen LogP contribution in [0.25, 0.3) is 10.8 Å². The molecule has 0 radical (unpaired) electrons. The monoisotopic (exact) mass is 619 g/mol. The number of alkyl halides is 6. The van der Waals surface area contributed by atoms with Crippen LogP contribution in [0, 0.1) is 0 Å². The Bertz CT molecular complexity index is 1520. The van der Waals surface area contributed by atoms with Gasteiger partial charge in [-0.05, 0) is 48.9 Å².